The van der Waals surface area contributed by atoms with Crippen molar-refractivity contribution in [3.05, 3.63) is 120 Å². The van der Waals surface area contributed by atoms with Gasteiger partial charge in [-0.25, -0.2) is 8.42 Å². The lowest BCUT2D eigenvalue weighted by Gasteiger charge is -2.13. The van der Waals surface area contributed by atoms with Gasteiger partial charge in [0.15, 0.2) is 0 Å². The van der Waals surface area contributed by atoms with Crippen LogP contribution in [0.2, 0.25) is 0 Å². The van der Waals surface area contributed by atoms with Crippen molar-refractivity contribution in [1.82, 2.24) is 0 Å². The first-order valence-electron chi connectivity index (χ1n) is 10.7. The minimum absolute atomic E-state index is 0.162. The Morgan fingerprint density at radius 3 is 2.15 bits per heavy atom. The second-order valence-corrected chi connectivity index (χ2v) is 10.4. The number of carbonyl (C=O) groups is 1. The molecule has 0 bridgehead atoms. The molecule has 7 heteroatoms. The van der Waals surface area contributed by atoms with E-state index in [4.69, 9.17) is 0 Å². The second kappa shape index (κ2) is 10.6. The normalized spacial score (nSPS) is 11.1. The van der Waals surface area contributed by atoms with Crippen LogP contribution in [0.4, 0.5) is 11.4 Å². The van der Waals surface area contributed by atoms with E-state index in [1.54, 1.807) is 55.1 Å². The summed E-state index contributed by atoms with van der Waals surface area (Å²) in [4.78, 5) is 14.2. The van der Waals surface area contributed by atoms with Gasteiger partial charge in [0.2, 0.25) is 0 Å². The fourth-order valence-electron chi connectivity index (χ4n) is 3.25. The van der Waals surface area contributed by atoms with Crippen LogP contribution in [0.5, 0.6) is 0 Å². The molecule has 4 rings (SSSR count). The zero-order valence-corrected chi connectivity index (χ0v) is 20.2. The summed E-state index contributed by atoms with van der Waals surface area (Å²) in [5.41, 5.74) is 3.27. The van der Waals surface area contributed by atoms with Crippen LogP contribution in [0.1, 0.15) is 21.5 Å². The Labute approximate surface area is 204 Å². The molecule has 1 amide bonds. The van der Waals surface area contributed by atoms with Crippen LogP contribution in [-0.4, -0.2) is 14.3 Å². The lowest BCUT2D eigenvalue weighted by molar-refractivity contribution is 0.102. The van der Waals surface area contributed by atoms with E-state index in [9.17, 15) is 13.2 Å². The van der Waals surface area contributed by atoms with E-state index in [-0.39, 0.29) is 10.8 Å². The third-order valence-corrected chi connectivity index (χ3v) is 7.62. The predicted molar refractivity (Wildman–Crippen MR) is 139 cm³/mol. The molecule has 0 unspecified atom stereocenters. The number of hydrogen-bond acceptors (Lipinski definition) is 4. The van der Waals surface area contributed by atoms with Crippen LogP contribution in [0.15, 0.2) is 113 Å². The van der Waals surface area contributed by atoms with Gasteiger partial charge in [0.1, 0.15) is 0 Å². The minimum Gasteiger partial charge on any atom is -0.322 e. The SMILES string of the molecule is Cc1ccc(C(=O)Nc2ccc(CSc3ccccc3)cc2)cc1NS(=O)(=O)c1ccccc1. The van der Waals surface area contributed by atoms with Gasteiger partial charge < -0.3 is 5.32 Å². The maximum absolute atomic E-state index is 12.8. The third kappa shape index (κ3) is 6.07. The van der Waals surface area contributed by atoms with Crippen LogP contribution in [0.3, 0.4) is 0 Å². The first-order chi connectivity index (χ1) is 16.4. The van der Waals surface area contributed by atoms with Crippen molar-refractivity contribution in [2.24, 2.45) is 0 Å². The quantitative estimate of drug-likeness (QED) is 0.284. The minimum atomic E-state index is -3.75. The lowest BCUT2D eigenvalue weighted by Crippen LogP contribution is -2.16. The van der Waals surface area contributed by atoms with Gasteiger partial charge in [0.25, 0.3) is 15.9 Å². The molecule has 0 fully saturated rings. The average molecular weight is 489 g/mol. The molecule has 0 saturated carbocycles. The van der Waals surface area contributed by atoms with Crippen LogP contribution < -0.4 is 10.0 Å². The summed E-state index contributed by atoms with van der Waals surface area (Å²) < 4.78 is 28.0. The average Bonchev–Trinajstić information content (AvgIpc) is 2.86. The molecule has 0 aromatic heterocycles. The van der Waals surface area contributed by atoms with E-state index in [2.05, 4.69) is 22.2 Å². The molecule has 0 saturated heterocycles. The van der Waals surface area contributed by atoms with Crippen molar-refractivity contribution in [1.29, 1.82) is 0 Å². The number of hydrogen-bond donors (Lipinski definition) is 2. The Hall–Kier alpha value is -3.55. The lowest BCUT2D eigenvalue weighted by atomic mass is 10.1. The highest BCUT2D eigenvalue weighted by molar-refractivity contribution is 7.98. The Morgan fingerprint density at radius 2 is 1.47 bits per heavy atom. The summed E-state index contributed by atoms with van der Waals surface area (Å²) in [5, 5.41) is 2.88. The third-order valence-electron chi connectivity index (χ3n) is 5.16. The number of amides is 1. The van der Waals surface area contributed by atoms with Gasteiger partial charge in [-0.3, -0.25) is 9.52 Å². The number of rotatable bonds is 8. The van der Waals surface area contributed by atoms with E-state index in [1.165, 1.54) is 17.0 Å². The van der Waals surface area contributed by atoms with Crippen LogP contribution in [0, 0.1) is 6.92 Å². The molecular weight excluding hydrogens is 464 g/mol. The van der Waals surface area contributed by atoms with Crippen molar-refractivity contribution in [2.45, 2.75) is 22.5 Å². The maximum Gasteiger partial charge on any atom is 0.261 e. The maximum atomic E-state index is 12.8. The Kier molecular flexibility index (Phi) is 7.35. The Bertz CT molecular complexity index is 1370. The number of benzene rings is 4. The first kappa shape index (κ1) is 23.6. The number of anilines is 2. The fraction of sp³-hybridized carbons (Fsp3) is 0.0741. The number of carbonyl (C=O) groups excluding carboxylic acids is 1. The molecule has 0 aliphatic carbocycles. The van der Waals surface area contributed by atoms with Crippen molar-refractivity contribution in [3.8, 4) is 0 Å². The molecule has 4 aromatic carbocycles. The van der Waals surface area contributed by atoms with Crippen LogP contribution in [0.25, 0.3) is 0 Å². The highest BCUT2D eigenvalue weighted by atomic mass is 32.2. The highest BCUT2D eigenvalue weighted by Gasteiger charge is 2.16. The molecule has 0 heterocycles. The van der Waals surface area contributed by atoms with Gasteiger partial charge in [-0.15, -0.1) is 11.8 Å². The number of nitrogens with one attached hydrogen (secondary N) is 2. The van der Waals surface area contributed by atoms with Crippen molar-refractivity contribution < 1.29 is 13.2 Å². The molecular formula is C27H24N2O3S2. The number of aryl methyl sites for hydroxylation is 1. The van der Waals surface area contributed by atoms with Crippen molar-refractivity contribution in [3.63, 3.8) is 0 Å². The topological polar surface area (TPSA) is 75.3 Å². The smallest absolute Gasteiger partial charge is 0.261 e. The zero-order valence-electron chi connectivity index (χ0n) is 18.6. The van der Waals surface area contributed by atoms with Crippen molar-refractivity contribution in [2.75, 3.05) is 10.0 Å². The molecule has 2 N–H and O–H groups in total. The largest absolute Gasteiger partial charge is 0.322 e. The highest BCUT2D eigenvalue weighted by Crippen LogP contribution is 2.24. The second-order valence-electron chi connectivity index (χ2n) is 7.70. The van der Waals surface area contributed by atoms with Gasteiger partial charge in [-0.05, 0) is 66.6 Å². The summed E-state index contributed by atoms with van der Waals surface area (Å²) in [5.74, 6) is 0.521. The van der Waals surface area contributed by atoms with Gasteiger partial charge in [0.05, 0.1) is 10.6 Å². The molecule has 5 nitrogen and oxygen atoms in total. The summed E-state index contributed by atoms with van der Waals surface area (Å²) in [6.07, 6.45) is 0. The summed E-state index contributed by atoms with van der Waals surface area (Å²) in [6.45, 7) is 1.79. The molecule has 0 radical (unpaired) electrons. The fourth-order valence-corrected chi connectivity index (χ4v) is 5.27. The molecule has 0 spiro atoms. The van der Waals surface area contributed by atoms with E-state index in [0.29, 0.717) is 16.9 Å². The van der Waals surface area contributed by atoms with Crippen molar-refractivity contribution >= 4 is 39.1 Å². The standard InChI is InChI=1S/C27H24N2O3S2/c1-20-12-15-22(18-26(20)29-34(31,32)25-10-6-3-7-11-25)27(30)28-23-16-13-21(14-17-23)19-33-24-8-4-2-5-9-24/h2-18,29H,19H2,1H3,(H,28,30). The molecule has 0 aliphatic heterocycles. The summed E-state index contributed by atoms with van der Waals surface area (Å²) >= 11 is 1.75. The molecule has 4 aromatic rings. The van der Waals surface area contributed by atoms with E-state index in [1.807, 2.05) is 42.5 Å². The van der Waals surface area contributed by atoms with Gasteiger partial charge >= 0.3 is 0 Å². The predicted octanol–water partition coefficient (Wildman–Crippen LogP) is 6.34. The summed E-state index contributed by atoms with van der Waals surface area (Å²) in [6, 6.07) is 31.0. The Balaban J connectivity index is 1.42. The van der Waals surface area contributed by atoms with E-state index in [0.717, 1.165) is 16.9 Å². The molecule has 172 valence electrons. The monoisotopic (exact) mass is 488 g/mol. The zero-order chi connectivity index (χ0) is 24.0. The molecule has 0 atom stereocenters. The van der Waals surface area contributed by atoms with E-state index >= 15 is 0 Å². The molecule has 0 aliphatic rings. The van der Waals surface area contributed by atoms with Gasteiger partial charge in [-0.2, -0.15) is 0 Å². The van der Waals surface area contributed by atoms with Crippen LogP contribution >= 0.6 is 11.8 Å². The number of thioether (sulfide) groups is 1. The molecule has 34 heavy (non-hydrogen) atoms. The number of sulfonamides is 1. The Morgan fingerprint density at radius 1 is 0.824 bits per heavy atom. The van der Waals surface area contributed by atoms with Gasteiger partial charge in [0, 0.05) is 21.9 Å². The van der Waals surface area contributed by atoms with Crippen LogP contribution in [-0.2, 0) is 15.8 Å². The van der Waals surface area contributed by atoms with E-state index < -0.39 is 10.0 Å². The first-order valence-corrected chi connectivity index (χ1v) is 13.1. The van der Waals surface area contributed by atoms with Gasteiger partial charge in [-0.1, -0.05) is 54.6 Å². The summed E-state index contributed by atoms with van der Waals surface area (Å²) in [7, 11) is -3.75.